The van der Waals surface area contributed by atoms with Crippen molar-refractivity contribution < 1.29 is 28.5 Å². The average Bonchev–Trinajstić information content (AvgIpc) is 2.77. The summed E-state index contributed by atoms with van der Waals surface area (Å²) < 4.78 is 22.7. The van der Waals surface area contributed by atoms with Crippen LogP contribution in [0, 0.1) is 0 Å². The zero-order valence-corrected chi connectivity index (χ0v) is 19.7. The molecule has 0 bridgehead atoms. The van der Waals surface area contributed by atoms with Crippen molar-refractivity contribution >= 4 is 41.2 Å². The van der Waals surface area contributed by atoms with Crippen molar-refractivity contribution in [2.75, 3.05) is 6.61 Å². The third-order valence-corrected chi connectivity index (χ3v) is 6.18. The summed E-state index contributed by atoms with van der Waals surface area (Å²) in [5, 5.41) is 1.05. The Hall–Kier alpha value is -2.70. The van der Waals surface area contributed by atoms with E-state index in [-0.39, 0.29) is 12.2 Å². The van der Waals surface area contributed by atoms with Crippen molar-refractivity contribution in [3.05, 3.63) is 63.1 Å². The number of rotatable bonds is 6. The van der Waals surface area contributed by atoms with E-state index in [4.69, 9.17) is 42.1 Å². The van der Waals surface area contributed by atoms with E-state index in [1.54, 1.807) is 36.4 Å². The predicted molar refractivity (Wildman–Crippen MR) is 124 cm³/mol. The molecule has 0 N–H and O–H groups in total. The van der Waals surface area contributed by atoms with Crippen LogP contribution < -0.4 is 9.47 Å². The minimum Gasteiger partial charge on any atom is -0.490 e. The molecule has 1 spiro atoms. The summed E-state index contributed by atoms with van der Waals surface area (Å²) in [6.07, 6.45) is 5.28. The molecule has 1 saturated carbocycles. The third kappa shape index (κ3) is 5.45. The van der Waals surface area contributed by atoms with Gasteiger partial charge in [0.25, 0.3) is 5.79 Å². The molecule has 2 aliphatic rings. The first-order chi connectivity index (χ1) is 15.9. The van der Waals surface area contributed by atoms with Crippen LogP contribution in [0.1, 0.15) is 50.2 Å². The monoisotopic (exact) mass is 490 g/mol. The predicted octanol–water partition coefficient (Wildman–Crippen LogP) is 6.11. The normalized spacial score (nSPS) is 17.4. The molecule has 0 unspecified atom stereocenters. The maximum Gasteiger partial charge on any atom is 0.348 e. The maximum atomic E-state index is 12.6. The molecular weight excluding hydrogens is 467 g/mol. The number of carbonyl (C=O) groups excluding carboxylic acids is 2. The number of hydrogen-bond donors (Lipinski definition) is 0. The second-order valence-electron chi connectivity index (χ2n) is 7.97. The Morgan fingerprint density at radius 2 is 1.67 bits per heavy atom. The SMILES string of the molecule is CCOc1cc(C=C2C(=O)OC3(CCCCC3)OC2=O)ccc1OCc1ccc(Cl)cc1Cl. The molecule has 2 aromatic rings. The molecule has 1 aliphatic carbocycles. The highest BCUT2D eigenvalue weighted by molar-refractivity contribution is 6.35. The Balaban J connectivity index is 1.52. The van der Waals surface area contributed by atoms with E-state index in [2.05, 4.69) is 0 Å². The van der Waals surface area contributed by atoms with Crippen molar-refractivity contribution in [2.24, 2.45) is 0 Å². The van der Waals surface area contributed by atoms with Crippen LogP contribution in [0.4, 0.5) is 0 Å². The van der Waals surface area contributed by atoms with Gasteiger partial charge in [-0.2, -0.15) is 0 Å². The Labute approximate surface area is 202 Å². The van der Waals surface area contributed by atoms with Gasteiger partial charge in [0, 0.05) is 28.5 Å². The molecule has 0 amide bonds. The number of halogens is 2. The first kappa shape index (κ1) is 23.5. The quantitative estimate of drug-likeness (QED) is 0.276. The fraction of sp³-hybridized carbons (Fsp3) is 0.360. The van der Waals surface area contributed by atoms with E-state index in [9.17, 15) is 9.59 Å². The Bertz CT molecular complexity index is 1070. The summed E-state index contributed by atoms with van der Waals surface area (Å²) in [6.45, 7) is 2.48. The summed E-state index contributed by atoms with van der Waals surface area (Å²) in [4.78, 5) is 25.2. The summed E-state index contributed by atoms with van der Waals surface area (Å²) in [5.41, 5.74) is 1.22. The van der Waals surface area contributed by atoms with E-state index in [0.29, 0.717) is 46.6 Å². The smallest absolute Gasteiger partial charge is 0.348 e. The maximum absolute atomic E-state index is 12.6. The third-order valence-electron chi connectivity index (χ3n) is 5.59. The molecule has 8 heteroatoms. The standard InChI is InChI=1S/C25H24Cl2O6/c1-2-30-22-13-16(6-9-21(22)31-15-17-7-8-18(26)14-20(17)27)12-19-23(28)32-25(33-24(19)29)10-4-3-5-11-25/h6-9,12-14H,2-5,10-11,15H2,1H3. The summed E-state index contributed by atoms with van der Waals surface area (Å²) in [7, 11) is 0. The van der Waals surface area contributed by atoms with Gasteiger partial charge in [-0.05, 0) is 55.7 Å². The molecular formula is C25H24Cl2O6. The Morgan fingerprint density at radius 1 is 0.939 bits per heavy atom. The highest BCUT2D eigenvalue weighted by Gasteiger charge is 2.46. The highest BCUT2D eigenvalue weighted by Crippen LogP contribution is 2.38. The average molecular weight is 491 g/mol. The fourth-order valence-electron chi connectivity index (χ4n) is 3.93. The lowest BCUT2D eigenvalue weighted by atomic mass is 9.93. The van der Waals surface area contributed by atoms with E-state index in [1.165, 1.54) is 6.08 Å². The summed E-state index contributed by atoms with van der Waals surface area (Å²) in [6, 6.07) is 10.3. The molecule has 174 valence electrons. The molecule has 0 radical (unpaired) electrons. The summed E-state index contributed by atoms with van der Waals surface area (Å²) in [5.74, 6) is -1.47. The van der Waals surface area contributed by atoms with Gasteiger partial charge in [-0.1, -0.05) is 41.8 Å². The molecule has 2 aromatic carbocycles. The van der Waals surface area contributed by atoms with Crippen LogP contribution in [0.5, 0.6) is 11.5 Å². The number of ether oxygens (including phenoxy) is 4. The molecule has 4 rings (SSSR count). The van der Waals surface area contributed by atoms with Crippen LogP contribution in [0.2, 0.25) is 10.0 Å². The second kappa shape index (κ2) is 10.1. The largest absolute Gasteiger partial charge is 0.490 e. The van der Waals surface area contributed by atoms with Gasteiger partial charge >= 0.3 is 11.9 Å². The van der Waals surface area contributed by atoms with Crippen molar-refractivity contribution in [3.63, 3.8) is 0 Å². The van der Waals surface area contributed by atoms with Gasteiger partial charge < -0.3 is 18.9 Å². The van der Waals surface area contributed by atoms with Gasteiger partial charge in [-0.3, -0.25) is 0 Å². The minimum atomic E-state index is -1.11. The minimum absolute atomic E-state index is 0.143. The van der Waals surface area contributed by atoms with Crippen molar-refractivity contribution in [3.8, 4) is 11.5 Å². The molecule has 1 heterocycles. The molecule has 2 fully saturated rings. The fourth-order valence-corrected chi connectivity index (χ4v) is 4.39. The lowest BCUT2D eigenvalue weighted by Gasteiger charge is -2.38. The first-order valence-corrected chi connectivity index (χ1v) is 11.7. The lowest BCUT2D eigenvalue weighted by Crippen LogP contribution is -2.47. The van der Waals surface area contributed by atoms with Crippen LogP contribution in [0.25, 0.3) is 6.08 Å². The van der Waals surface area contributed by atoms with Gasteiger partial charge in [0.2, 0.25) is 0 Å². The first-order valence-electron chi connectivity index (χ1n) is 10.9. The number of esters is 2. The lowest BCUT2D eigenvalue weighted by molar-refractivity contribution is -0.244. The van der Waals surface area contributed by atoms with Gasteiger partial charge in [0.15, 0.2) is 11.5 Å². The Kier molecular flexibility index (Phi) is 7.15. The van der Waals surface area contributed by atoms with E-state index in [0.717, 1.165) is 24.8 Å². The number of hydrogen-bond acceptors (Lipinski definition) is 6. The molecule has 0 atom stereocenters. The van der Waals surface area contributed by atoms with Gasteiger partial charge in [0.05, 0.1) is 6.61 Å². The molecule has 0 aromatic heterocycles. The van der Waals surface area contributed by atoms with E-state index < -0.39 is 17.7 Å². The van der Waals surface area contributed by atoms with Crippen molar-refractivity contribution in [1.29, 1.82) is 0 Å². The van der Waals surface area contributed by atoms with Crippen LogP contribution in [0.3, 0.4) is 0 Å². The summed E-state index contributed by atoms with van der Waals surface area (Å²) >= 11 is 12.2. The highest BCUT2D eigenvalue weighted by atomic mass is 35.5. The second-order valence-corrected chi connectivity index (χ2v) is 8.82. The molecule has 6 nitrogen and oxygen atoms in total. The zero-order chi connectivity index (χ0) is 23.4. The van der Waals surface area contributed by atoms with Crippen molar-refractivity contribution in [1.82, 2.24) is 0 Å². The number of carbonyl (C=O) groups is 2. The molecule has 33 heavy (non-hydrogen) atoms. The molecule has 1 saturated heterocycles. The Morgan fingerprint density at radius 3 is 2.33 bits per heavy atom. The van der Waals surface area contributed by atoms with E-state index >= 15 is 0 Å². The van der Waals surface area contributed by atoms with Crippen LogP contribution >= 0.6 is 23.2 Å². The van der Waals surface area contributed by atoms with Crippen LogP contribution in [-0.2, 0) is 25.7 Å². The van der Waals surface area contributed by atoms with E-state index in [1.807, 2.05) is 6.92 Å². The van der Waals surface area contributed by atoms with Gasteiger partial charge in [-0.15, -0.1) is 0 Å². The number of benzene rings is 2. The van der Waals surface area contributed by atoms with Crippen LogP contribution in [-0.4, -0.2) is 24.3 Å². The van der Waals surface area contributed by atoms with Gasteiger partial charge in [-0.25, -0.2) is 9.59 Å². The van der Waals surface area contributed by atoms with Crippen molar-refractivity contribution in [2.45, 2.75) is 51.4 Å². The van der Waals surface area contributed by atoms with Gasteiger partial charge in [0.1, 0.15) is 12.2 Å². The van der Waals surface area contributed by atoms with Crippen LogP contribution in [0.15, 0.2) is 42.0 Å². The molecule has 1 aliphatic heterocycles. The topological polar surface area (TPSA) is 71.1 Å². The zero-order valence-electron chi connectivity index (χ0n) is 18.2.